The summed E-state index contributed by atoms with van der Waals surface area (Å²) >= 11 is 0. The average Bonchev–Trinajstić information content (AvgIpc) is 3.52. The Bertz CT molecular complexity index is 900. The molecule has 0 aromatic rings. The Labute approximate surface area is 223 Å². The van der Waals surface area contributed by atoms with E-state index in [1.807, 2.05) is 5.73 Å². The molecule has 3 rings (SSSR count). The quantitative estimate of drug-likeness (QED) is 0.0482. The molecule has 3 aliphatic heterocycles. The highest BCUT2D eigenvalue weighted by Gasteiger charge is 2.50. The molecule has 211 valence electrons. The maximum atomic E-state index is 12.7. The van der Waals surface area contributed by atoms with Gasteiger partial charge in [-0.15, -0.1) is 0 Å². The minimum atomic E-state index is -4.97. The third-order valence-corrected chi connectivity index (χ3v) is 7.91. The molecule has 16 nitrogen and oxygen atoms in total. The monoisotopic (exact) mass is 583 g/mol. The second-order valence-electron chi connectivity index (χ2n) is 8.53. The van der Waals surface area contributed by atoms with Gasteiger partial charge in [-0.25, -0.2) is 9.13 Å². The topological polar surface area (TPSA) is 221 Å². The van der Waals surface area contributed by atoms with Crippen LogP contribution in [0.5, 0.6) is 0 Å². The minimum absolute atomic E-state index is 0.0694. The van der Waals surface area contributed by atoms with Crippen molar-refractivity contribution >= 4 is 44.7 Å². The Morgan fingerprint density at radius 1 is 1.11 bits per heavy atom. The van der Waals surface area contributed by atoms with Gasteiger partial charge in [0.15, 0.2) is 12.6 Å². The van der Waals surface area contributed by atoms with Crippen molar-refractivity contribution in [3.8, 4) is 0 Å². The zero-order valence-electron chi connectivity index (χ0n) is 21.3. The number of carbonyl (C=O) groups is 1. The summed E-state index contributed by atoms with van der Waals surface area (Å²) in [6.45, 7) is -0.834. The lowest BCUT2D eigenvalue weighted by Crippen LogP contribution is -2.36. The van der Waals surface area contributed by atoms with E-state index in [0.717, 1.165) is 0 Å². The highest BCUT2D eigenvalue weighted by atomic mass is 31.2. The largest absolute Gasteiger partial charge is 0.473 e. The molecule has 5 radical (unpaired) electrons. The first-order valence-corrected chi connectivity index (χ1v) is 14.4. The van der Waals surface area contributed by atoms with Crippen molar-refractivity contribution in [3.63, 3.8) is 0 Å². The van der Waals surface area contributed by atoms with Gasteiger partial charge in [-0.2, -0.15) is 0 Å². The SMILES string of the molecule is [2H]NCOCC1OC([B][B])CC1OP(=O)(O)OCC1OC([B])CC1OP(=O)(O)O[C@@H]1[C@H](O)[C@@H](OC)O[C@H]1C=O. The summed E-state index contributed by atoms with van der Waals surface area (Å²) in [6.07, 6.45) is -9.82. The number of nitrogens with two attached hydrogens (primary N) is 1. The Morgan fingerprint density at radius 2 is 1.79 bits per heavy atom. The number of methoxy groups -OCH3 is 1. The van der Waals surface area contributed by atoms with E-state index in [4.69, 9.17) is 58.8 Å². The number of hydrogen-bond donors (Lipinski definition) is 4. The molecule has 12 atom stereocenters. The van der Waals surface area contributed by atoms with Gasteiger partial charge in [-0.1, -0.05) is 0 Å². The predicted octanol–water partition coefficient (Wildman–Crippen LogP) is -2.59. The van der Waals surface area contributed by atoms with Gasteiger partial charge in [0.25, 0.3) is 0 Å². The average molecular weight is 583 g/mol. The number of aldehydes is 1. The van der Waals surface area contributed by atoms with Crippen molar-refractivity contribution in [2.45, 2.75) is 73.9 Å². The number of phosphoric acid groups is 2. The third kappa shape index (κ3) is 8.65. The molecule has 8 unspecified atom stereocenters. The molecule has 3 saturated heterocycles. The third-order valence-electron chi connectivity index (χ3n) is 5.85. The number of rotatable bonds is 16. The van der Waals surface area contributed by atoms with Gasteiger partial charge in [0, 0.05) is 26.9 Å². The van der Waals surface area contributed by atoms with E-state index in [1.165, 1.54) is 14.3 Å². The van der Waals surface area contributed by atoms with Crippen molar-refractivity contribution < 1.29 is 72.0 Å². The van der Waals surface area contributed by atoms with E-state index < -0.39 is 83.3 Å². The molecule has 5 N–H and O–H groups in total. The van der Waals surface area contributed by atoms with Crippen molar-refractivity contribution in [2.24, 2.45) is 5.73 Å². The van der Waals surface area contributed by atoms with Crippen LogP contribution in [0.4, 0.5) is 0 Å². The first-order chi connectivity index (χ1) is 18.4. The summed E-state index contributed by atoms with van der Waals surface area (Å²) in [4.78, 5) is 31.8. The molecule has 0 spiro atoms. The number of carbonyl (C=O) groups excluding carboxylic acids is 1. The maximum absolute atomic E-state index is 12.7. The standard InChI is InChI=1S/C17H29B3NO15P2/c1-28-17-15(23)16(10(4-22)33-17)36-38(26,27)35-8-2-13(18)31-12(8)6-30-37(24,25)34-9-3-14(20-19)32-11(9)5-29-7-21/h4,8-17,23H,2-3,5-7,21H2,1H3,(H,24,25)(H,26,27)/t8?,9?,10-,11?,12?,13?,14?,15-,16-,17-/m0/s1/i/hD. The molecule has 3 heterocycles. The molecule has 0 bridgehead atoms. The van der Waals surface area contributed by atoms with Gasteiger partial charge >= 0.3 is 15.6 Å². The van der Waals surface area contributed by atoms with Crippen LogP contribution < -0.4 is 5.73 Å². The van der Waals surface area contributed by atoms with E-state index >= 15 is 0 Å². The summed E-state index contributed by atoms with van der Waals surface area (Å²) < 4.78 is 78.7. The molecule has 0 aromatic heterocycles. The van der Waals surface area contributed by atoms with Crippen molar-refractivity contribution in [2.75, 3.05) is 27.1 Å². The van der Waals surface area contributed by atoms with Gasteiger partial charge in [-0.3, -0.25) is 18.1 Å². The zero-order chi connectivity index (χ0) is 28.8. The van der Waals surface area contributed by atoms with Crippen LogP contribution in [0.1, 0.15) is 12.8 Å². The van der Waals surface area contributed by atoms with Crippen LogP contribution in [0, 0.1) is 0 Å². The van der Waals surface area contributed by atoms with E-state index in [1.54, 1.807) is 0 Å². The molecule has 0 aliphatic carbocycles. The normalized spacial score (nSPS) is 40.9. The fourth-order valence-electron chi connectivity index (χ4n) is 4.12. The smallest absolute Gasteiger partial charge is 0.385 e. The molecule has 0 amide bonds. The Kier molecular flexibility index (Phi) is 11.4. The van der Waals surface area contributed by atoms with Crippen LogP contribution in [0.15, 0.2) is 0 Å². The zero-order valence-corrected chi connectivity index (χ0v) is 22.0. The number of ether oxygens (including phenoxy) is 5. The number of hydrogen-bond acceptors (Lipinski definition) is 14. The van der Waals surface area contributed by atoms with Crippen LogP contribution in [-0.2, 0) is 55.7 Å². The first kappa shape index (κ1) is 30.8. The highest BCUT2D eigenvalue weighted by molar-refractivity contribution is 7.47. The molecule has 3 aliphatic rings. The number of aliphatic hydroxyl groups excluding tert-OH is 1. The Morgan fingerprint density at radius 3 is 2.45 bits per heavy atom. The van der Waals surface area contributed by atoms with E-state index in [0.29, 0.717) is 0 Å². The first-order valence-electron chi connectivity index (χ1n) is 11.9. The summed E-state index contributed by atoms with van der Waals surface area (Å²) in [5.41, 5.74) is 2.03. The highest BCUT2D eigenvalue weighted by Crippen LogP contribution is 2.51. The van der Waals surface area contributed by atoms with Crippen LogP contribution in [0.2, 0.25) is 1.41 Å². The molecule has 0 aromatic carbocycles. The molecule has 3 fully saturated rings. The molecular formula is C17H29B3NO15P2. The Balaban J connectivity index is 1.57. The van der Waals surface area contributed by atoms with Crippen molar-refractivity contribution in [1.82, 2.24) is 0 Å². The van der Waals surface area contributed by atoms with Crippen molar-refractivity contribution in [3.05, 3.63) is 0 Å². The predicted molar refractivity (Wildman–Crippen MR) is 127 cm³/mol. The van der Waals surface area contributed by atoms with Gasteiger partial charge in [-0.05, 0) is 12.8 Å². The van der Waals surface area contributed by atoms with Crippen LogP contribution in [0.3, 0.4) is 0 Å². The molecule has 38 heavy (non-hydrogen) atoms. The summed E-state index contributed by atoms with van der Waals surface area (Å²) in [5, 5.41) is 10.2. The molecular weight excluding hydrogens is 553 g/mol. The van der Waals surface area contributed by atoms with E-state index in [9.17, 15) is 28.8 Å². The van der Waals surface area contributed by atoms with Crippen LogP contribution >= 0.6 is 15.6 Å². The second-order valence-corrected chi connectivity index (χ2v) is 11.3. The summed E-state index contributed by atoms with van der Waals surface area (Å²) in [7, 11) is 3.97. The van der Waals surface area contributed by atoms with Gasteiger partial charge in [0.1, 0.15) is 39.8 Å². The van der Waals surface area contributed by atoms with E-state index in [-0.39, 0.29) is 32.5 Å². The van der Waals surface area contributed by atoms with E-state index in [2.05, 4.69) is 0 Å². The summed E-state index contributed by atoms with van der Waals surface area (Å²) in [6, 6.07) is -1.57. The number of aliphatic hydroxyl groups is 1. The lowest BCUT2D eigenvalue weighted by molar-refractivity contribution is -0.153. The number of phosphoric ester groups is 2. The Hall–Kier alpha value is -0.195. The van der Waals surface area contributed by atoms with Crippen LogP contribution in [0.25, 0.3) is 0 Å². The molecule has 21 heteroatoms. The maximum Gasteiger partial charge on any atom is 0.473 e. The second kappa shape index (κ2) is 14.1. The lowest BCUT2D eigenvalue weighted by Gasteiger charge is -2.26. The molecule has 0 saturated carbocycles. The van der Waals surface area contributed by atoms with Gasteiger partial charge in [0.05, 0.1) is 39.3 Å². The minimum Gasteiger partial charge on any atom is -0.385 e. The van der Waals surface area contributed by atoms with Crippen molar-refractivity contribution in [1.29, 1.82) is 0 Å². The fourth-order valence-corrected chi connectivity index (χ4v) is 6.24. The van der Waals surface area contributed by atoms with Gasteiger partial charge < -0.3 is 49.1 Å². The van der Waals surface area contributed by atoms with Gasteiger partial charge in [0.2, 0.25) is 0 Å². The fraction of sp³-hybridized carbons (Fsp3) is 0.941. The van der Waals surface area contributed by atoms with Crippen LogP contribution in [-0.4, -0.2) is 132 Å². The lowest BCUT2D eigenvalue weighted by atomic mass is 9.51. The summed E-state index contributed by atoms with van der Waals surface area (Å²) in [5.74, 6) is 0.